The molecule has 3 aromatic rings. The number of benzene rings is 2. The topological polar surface area (TPSA) is 78.0 Å². The van der Waals surface area contributed by atoms with Gasteiger partial charge in [-0.25, -0.2) is 9.37 Å². The van der Waals surface area contributed by atoms with E-state index in [-0.39, 0.29) is 29.8 Å². The van der Waals surface area contributed by atoms with Crippen molar-refractivity contribution in [1.29, 1.82) is 0 Å². The molecule has 1 heterocycles. The zero-order chi connectivity index (χ0) is 18.3. The van der Waals surface area contributed by atoms with Crippen molar-refractivity contribution < 1.29 is 14.3 Å². The van der Waals surface area contributed by atoms with Gasteiger partial charge in [0.1, 0.15) is 17.2 Å². The lowest BCUT2D eigenvalue weighted by Gasteiger charge is -2.38. The van der Waals surface area contributed by atoms with E-state index in [9.17, 15) is 14.3 Å². The molecule has 1 aliphatic carbocycles. The van der Waals surface area contributed by atoms with E-state index in [1.807, 2.05) is 19.1 Å². The summed E-state index contributed by atoms with van der Waals surface area (Å²) >= 11 is 0. The lowest BCUT2D eigenvalue weighted by atomic mass is 9.75. The molecule has 134 valence electrons. The molecule has 6 heteroatoms. The van der Waals surface area contributed by atoms with E-state index in [2.05, 4.69) is 15.3 Å². The summed E-state index contributed by atoms with van der Waals surface area (Å²) in [5.41, 5.74) is 2.78. The van der Waals surface area contributed by atoms with Crippen LogP contribution in [0.3, 0.4) is 0 Å². The second kappa shape index (κ2) is 6.53. The number of H-pyrrole nitrogens is 1. The maximum Gasteiger partial charge on any atom is 0.254 e. The summed E-state index contributed by atoms with van der Waals surface area (Å²) in [4.78, 5) is 20.5. The Hall–Kier alpha value is -2.73. The molecule has 1 aliphatic rings. The Morgan fingerprint density at radius 3 is 2.69 bits per heavy atom. The summed E-state index contributed by atoms with van der Waals surface area (Å²) in [5, 5.41) is 12.7. The van der Waals surface area contributed by atoms with Crippen molar-refractivity contribution >= 4 is 16.9 Å². The largest absolute Gasteiger partial charge is 0.393 e. The number of aliphatic hydroxyl groups excluding tert-OH is 1. The Labute approximate surface area is 150 Å². The average molecular weight is 353 g/mol. The molecule has 2 aromatic carbocycles. The summed E-state index contributed by atoms with van der Waals surface area (Å²) in [5.74, 6) is 0.332. The minimum Gasteiger partial charge on any atom is -0.393 e. The molecular weight excluding hydrogens is 333 g/mol. The number of halogens is 1. The lowest BCUT2D eigenvalue weighted by molar-refractivity contribution is 0.0235. The van der Waals surface area contributed by atoms with Crippen molar-refractivity contribution in [2.24, 2.45) is 5.92 Å². The molecule has 1 saturated carbocycles. The van der Waals surface area contributed by atoms with Crippen molar-refractivity contribution in [2.75, 3.05) is 0 Å². The van der Waals surface area contributed by atoms with Gasteiger partial charge in [0.2, 0.25) is 0 Å². The molecule has 26 heavy (non-hydrogen) atoms. The number of carbonyl (C=O) groups excluding carboxylic acids is 1. The molecule has 1 amide bonds. The number of hydrogen-bond donors (Lipinski definition) is 3. The van der Waals surface area contributed by atoms with Crippen LogP contribution in [0.15, 0.2) is 42.5 Å². The number of hydrogen-bond acceptors (Lipinski definition) is 3. The molecule has 0 spiro atoms. The number of nitrogens with one attached hydrogen (secondary N) is 2. The molecule has 1 aromatic heterocycles. The first-order valence-corrected chi connectivity index (χ1v) is 8.71. The fraction of sp³-hybridized carbons (Fsp3) is 0.300. The molecule has 0 saturated heterocycles. The number of aromatic amines is 1. The van der Waals surface area contributed by atoms with Crippen LogP contribution in [-0.4, -0.2) is 27.1 Å². The first-order valence-electron chi connectivity index (χ1n) is 8.71. The number of fused-ring (bicyclic) bond motifs is 1. The molecule has 3 N–H and O–H groups in total. The third-order valence-corrected chi connectivity index (χ3v) is 5.01. The Morgan fingerprint density at radius 1 is 1.27 bits per heavy atom. The summed E-state index contributed by atoms with van der Waals surface area (Å²) in [6.45, 7) is 1.85. The SMILES string of the molecule is Cc1nc2c(C(=O)NC(c3ccc(F)cc3)C3CC(O)C3)cccc2[nH]1. The van der Waals surface area contributed by atoms with Crippen LogP contribution in [-0.2, 0) is 0 Å². The van der Waals surface area contributed by atoms with E-state index in [1.54, 1.807) is 18.2 Å². The van der Waals surface area contributed by atoms with Gasteiger partial charge in [-0.2, -0.15) is 0 Å². The fourth-order valence-electron chi connectivity index (χ4n) is 3.60. The molecule has 0 aliphatic heterocycles. The van der Waals surface area contributed by atoms with E-state index in [0.717, 1.165) is 16.9 Å². The van der Waals surface area contributed by atoms with E-state index >= 15 is 0 Å². The van der Waals surface area contributed by atoms with Crippen LogP contribution in [0.5, 0.6) is 0 Å². The molecule has 1 fully saturated rings. The lowest BCUT2D eigenvalue weighted by Crippen LogP contribution is -2.41. The average Bonchev–Trinajstić information content (AvgIpc) is 2.98. The van der Waals surface area contributed by atoms with Crippen molar-refractivity contribution in [3.05, 3.63) is 65.2 Å². The normalized spacial score (nSPS) is 20.6. The van der Waals surface area contributed by atoms with Gasteiger partial charge in [0.05, 0.1) is 23.2 Å². The standard InChI is InChI=1S/C20H20FN3O2/c1-11-22-17-4-2-3-16(19(17)23-11)20(26)24-18(13-9-15(25)10-13)12-5-7-14(21)8-6-12/h2-8,13,15,18,25H,9-10H2,1H3,(H,22,23)(H,24,26). The number of rotatable bonds is 4. The maximum absolute atomic E-state index is 13.3. The van der Waals surface area contributed by atoms with Gasteiger partial charge in [-0.15, -0.1) is 0 Å². The van der Waals surface area contributed by atoms with Crippen molar-refractivity contribution in [3.8, 4) is 0 Å². The number of aromatic nitrogens is 2. The highest BCUT2D eigenvalue weighted by atomic mass is 19.1. The summed E-state index contributed by atoms with van der Waals surface area (Å²) < 4.78 is 13.3. The molecule has 0 radical (unpaired) electrons. The molecule has 0 bridgehead atoms. The predicted molar refractivity (Wildman–Crippen MR) is 96.2 cm³/mol. The van der Waals surface area contributed by atoms with Gasteiger partial charge in [0.15, 0.2) is 0 Å². The molecule has 1 unspecified atom stereocenters. The van der Waals surface area contributed by atoms with Crippen LogP contribution in [0.2, 0.25) is 0 Å². The number of imidazole rings is 1. The second-order valence-corrected chi connectivity index (χ2v) is 6.91. The minimum absolute atomic E-state index is 0.125. The maximum atomic E-state index is 13.3. The summed E-state index contributed by atoms with van der Waals surface area (Å²) in [6.07, 6.45) is 0.902. The van der Waals surface area contributed by atoms with Gasteiger partial charge in [-0.1, -0.05) is 18.2 Å². The molecule has 1 atom stereocenters. The smallest absolute Gasteiger partial charge is 0.254 e. The fourth-order valence-corrected chi connectivity index (χ4v) is 3.60. The predicted octanol–water partition coefficient (Wildman–Crippen LogP) is 3.25. The number of nitrogens with zero attached hydrogens (tertiary/aromatic N) is 1. The van der Waals surface area contributed by atoms with Crippen LogP contribution in [0.1, 0.15) is 40.6 Å². The Kier molecular flexibility index (Phi) is 4.20. The number of carbonyl (C=O) groups is 1. The quantitative estimate of drug-likeness (QED) is 0.674. The van der Waals surface area contributed by atoms with Gasteiger partial charge in [0.25, 0.3) is 5.91 Å². The molecule has 4 rings (SSSR count). The van der Waals surface area contributed by atoms with Gasteiger partial charge < -0.3 is 15.4 Å². The number of amides is 1. The molecule has 5 nitrogen and oxygen atoms in total. The Balaban J connectivity index is 1.64. The van der Waals surface area contributed by atoms with E-state index < -0.39 is 0 Å². The zero-order valence-corrected chi connectivity index (χ0v) is 14.4. The minimum atomic E-state index is -0.336. The van der Waals surface area contributed by atoms with Crippen LogP contribution >= 0.6 is 0 Å². The van der Waals surface area contributed by atoms with Crippen LogP contribution < -0.4 is 5.32 Å². The van der Waals surface area contributed by atoms with Gasteiger partial charge in [0, 0.05) is 0 Å². The van der Waals surface area contributed by atoms with Crippen molar-refractivity contribution in [1.82, 2.24) is 15.3 Å². The van der Waals surface area contributed by atoms with E-state index in [1.165, 1.54) is 12.1 Å². The van der Waals surface area contributed by atoms with Crippen LogP contribution in [0, 0.1) is 18.7 Å². The first-order chi connectivity index (χ1) is 12.5. The first kappa shape index (κ1) is 16.7. The third-order valence-electron chi connectivity index (χ3n) is 5.01. The highest BCUT2D eigenvalue weighted by molar-refractivity contribution is 6.05. The number of aryl methyl sites for hydroxylation is 1. The van der Waals surface area contributed by atoms with Crippen LogP contribution in [0.4, 0.5) is 4.39 Å². The van der Waals surface area contributed by atoms with Gasteiger partial charge >= 0.3 is 0 Å². The number of para-hydroxylation sites is 1. The van der Waals surface area contributed by atoms with Gasteiger partial charge in [-0.3, -0.25) is 4.79 Å². The van der Waals surface area contributed by atoms with Crippen LogP contribution in [0.25, 0.3) is 11.0 Å². The Bertz CT molecular complexity index is 945. The summed E-state index contributed by atoms with van der Waals surface area (Å²) in [7, 11) is 0. The zero-order valence-electron chi connectivity index (χ0n) is 14.4. The van der Waals surface area contributed by atoms with Crippen molar-refractivity contribution in [2.45, 2.75) is 31.9 Å². The van der Waals surface area contributed by atoms with Crippen molar-refractivity contribution in [3.63, 3.8) is 0 Å². The van der Waals surface area contributed by atoms with E-state index in [0.29, 0.717) is 23.9 Å². The monoisotopic (exact) mass is 353 g/mol. The second-order valence-electron chi connectivity index (χ2n) is 6.91. The Morgan fingerprint density at radius 2 is 2.00 bits per heavy atom. The van der Waals surface area contributed by atoms with Gasteiger partial charge in [-0.05, 0) is 55.5 Å². The number of aliphatic hydroxyl groups is 1. The highest BCUT2D eigenvalue weighted by Gasteiger charge is 2.36. The van der Waals surface area contributed by atoms with E-state index in [4.69, 9.17) is 0 Å². The molecular formula is C20H20FN3O2. The highest BCUT2D eigenvalue weighted by Crippen LogP contribution is 2.38. The third kappa shape index (κ3) is 3.08. The summed E-state index contributed by atoms with van der Waals surface area (Å²) in [6, 6.07) is 11.3.